The van der Waals surface area contributed by atoms with Crippen LogP contribution < -0.4 is 0 Å². The molecule has 1 aliphatic rings. The molecule has 1 aromatic rings. The number of aromatic nitrogens is 2. The Morgan fingerprint density at radius 1 is 1.21 bits per heavy atom. The zero-order valence-electron chi connectivity index (χ0n) is 12.7. The van der Waals surface area contributed by atoms with Gasteiger partial charge in [-0.25, -0.2) is 0 Å². The maximum absolute atomic E-state index is 6.39. The molecule has 2 rings (SSSR count). The quantitative estimate of drug-likeness (QED) is 0.706. The first-order valence-corrected chi connectivity index (χ1v) is 8.26. The fourth-order valence-corrected chi connectivity index (χ4v) is 3.65. The van der Waals surface area contributed by atoms with Crippen molar-refractivity contribution in [1.82, 2.24) is 9.78 Å². The van der Waals surface area contributed by atoms with Crippen LogP contribution in [-0.2, 0) is 12.8 Å². The van der Waals surface area contributed by atoms with Gasteiger partial charge in [-0.1, -0.05) is 20.8 Å². The van der Waals surface area contributed by atoms with Crippen LogP contribution in [0.25, 0.3) is 0 Å². The fraction of sp³-hybridized carbons (Fsp3) is 0.812. The SMILES string of the molecule is CCc1nn(C2CCC(C)CC2)c(CC)c1C(C)Cl. The number of hydrogen-bond donors (Lipinski definition) is 0. The molecule has 1 atom stereocenters. The van der Waals surface area contributed by atoms with Gasteiger partial charge in [-0.15, -0.1) is 11.6 Å². The second-order valence-electron chi connectivity index (χ2n) is 5.99. The highest BCUT2D eigenvalue weighted by Crippen LogP contribution is 2.36. The van der Waals surface area contributed by atoms with Crippen LogP contribution in [0.4, 0.5) is 0 Å². The van der Waals surface area contributed by atoms with E-state index in [1.54, 1.807) is 0 Å². The number of halogens is 1. The molecule has 0 radical (unpaired) electrons. The lowest BCUT2D eigenvalue weighted by Crippen LogP contribution is -2.19. The third kappa shape index (κ3) is 2.99. The molecule has 0 N–H and O–H groups in total. The topological polar surface area (TPSA) is 17.8 Å². The highest BCUT2D eigenvalue weighted by atomic mass is 35.5. The van der Waals surface area contributed by atoms with Crippen molar-refractivity contribution >= 4 is 11.6 Å². The van der Waals surface area contributed by atoms with E-state index in [0.717, 1.165) is 18.8 Å². The monoisotopic (exact) mass is 282 g/mol. The van der Waals surface area contributed by atoms with Crippen molar-refractivity contribution < 1.29 is 0 Å². The van der Waals surface area contributed by atoms with Gasteiger partial charge >= 0.3 is 0 Å². The number of alkyl halides is 1. The van der Waals surface area contributed by atoms with Crippen LogP contribution in [-0.4, -0.2) is 9.78 Å². The summed E-state index contributed by atoms with van der Waals surface area (Å²) in [5.41, 5.74) is 3.88. The molecule has 1 aliphatic carbocycles. The Balaban J connectivity index is 2.34. The predicted molar refractivity (Wildman–Crippen MR) is 81.9 cm³/mol. The van der Waals surface area contributed by atoms with Crippen molar-refractivity contribution in [2.24, 2.45) is 5.92 Å². The zero-order chi connectivity index (χ0) is 14.0. The first kappa shape index (κ1) is 14.9. The first-order chi connectivity index (χ1) is 9.08. The summed E-state index contributed by atoms with van der Waals surface area (Å²) in [7, 11) is 0. The standard InChI is InChI=1S/C16H27ClN2/c1-5-14-16(12(4)17)15(6-2)19(18-14)13-9-7-11(3)8-10-13/h11-13H,5-10H2,1-4H3. The molecule has 1 unspecified atom stereocenters. The van der Waals surface area contributed by atoms with Crippen molar-refractivity contribution in [3.63, 3.8) is 0 Å². The molecule has 19 heavy (non-hydrogen) atoms. The van der Waals surface area contributed by atoms with Gasteiger partial charge in [0.15, 0.2) is 0 Å². The van der Waals surface area contributed by atoms with E-state index in [1.807, 2.05) is 0 Å². The Bertz CT molecular complexity index is 415. The summed E-state index contributed by atoms with van der Waals surface area (Å²) in [5.74, 6) is 0.883. The Hall–Kier alpha value is -0.500. The van der Waals surface area contributed by atoms with Crippen LogP contribution in [0.1, 0.15) is 81.7 Å². The highest BCUT2D eigenvalue weighted by molar-refractivity contribution is 6.20. The summed E-state index contributed by atoms with van der Waals surface area (Å²) >= 11 is 6.39. The van der Waals surface area contributed by atoms with Crippen molar-refractivity contribution in [3.05, 3.63) is 17.0 Å². The van der Waals surface area contributed by atoms with Crippen LogP contribution in [0.2, 0.25) is 0 Å². The maximum atomic E-state index is 6.39. The minimum atomic E-state index is 0.0705. The van der Waals surface area contributed by atoms with Crippen LogP contribution >= 0.6 is 11.6 Å². The lowest BCUT2D eigenvalue weighted by Gasteiger charge is -2.28. The van der Waals surface area contributed by atoms with Crippen molar-refractivity contribution in [3.8, 4) is 0 Å². The summed E-state index contributed by atoms with van der Waals surface area (Å²) in [6, 6.07) is 0.598. The minimum Gasteiger partial charge on any atom is -0.266 e. The molecule has 0 aliphatic heterocycles. The maximum Gasteiger partial charge on any atom is 0.0671 e. The van der Waals surface area contributed by atoms with Crippen LogP contribution in [0, 0.1) is 5.92 Å². The zero-order valence-corrected chi connectivity index (χ0v) is 13.5. The van der Waals surface area contributed by atoms with E-state index in [0.29, 0.717) is 6.04 Å². The van der Waals surface area contributed by atoms with Gasteiger partial charge in [-0.05, 0) is 51.4 Å². The molecule has 1 saturated carbocycles. The molecule has 0 amide bonds. The fourth-order valence-electron chi connectivity index (χ4n) is 3.40. The molecular formula is C16H27ClN2. The summed E-state index contributed by atoms with van der Waals surface area (Å²) in [6.07, 6.45) is 7.23. The molecule has 1 fully saturated rings. The summed E-state index contributed by atoms with van der Waals surface area (Å²) in [6.45, 7) is 8.84. The Morgan fingerprint density at radius 3 is 2.32 bits per heavy atom. The van der Waals surface area contributed by atoms with Gasteiger partial charge in [-0.3, -0.25) is 4.68 Å². The predicted octanol–water partition coefficient (Wildman–Crippen LogP) is 5.06. The third-order valence-corrected chi connectivity index (χ3v) is 4.74. The van der Waals surface area contributed by atoms with Gasteiger partial charge in [0.25, 0.3) is 0 Å². The average Bonchev–Trinajstić information content (AvgIpc) is 2.78. The molecule has 0 aromatic carbocycles. The number of rotatable bonds is 4. The molecule has 108 valence electrons. The molecule has 3 heteroatoms. The molecule has 2 nitrogen and oxygen atoms in total. The smallest absolute Gasteiger partial charge is 0.0671 e. The van der Waals surface area contributed by atoms with E-state index in [2.05, 4.69) is 32.4 Å². The first-order valence-electron chi connectivity index (χ1n) is 7.82. The van der Waals surface area contributed by atoms with E-state index >= 15 is 0 Å². The largest absolute Gasteiger partial charge is 0.266 e. The lowest BCUT2D eigenvalue weighted by molar-refractivity contribution is 0.268. The van der Waals surface area contributed by atoms with E-state index < -0.39 is 0 Å². The summed E-state index contributed by atoms with van der Waals surface area (Å²) in [5, 5.41) is 4.97. The van der Waals surface area contributed by atoms with Gasteiger partial charge < -0.3 is 0 Å². The van der Waals surface area contributed by atoms with E-state index in [4.69, 9.17) is 16.7 Å². The van der Waals surface area contributed by atoms with E-state index in [9.17, 15) is 0 Å². The number of aryl methyl sites for hydroxylation is 1. The summed E-state index contributed by atoms with van der Waals surface area (Å²) in [4.78, 5) is 0. The molecule has 1 heterocycles. The van der Waals surface area contributed by atoms with Gasteiger partial charge in [-0.2, -0.15) is 5.10 Å². The second-order valence-corrected chi connectivity index (χ2v) is 6.64. The van der Waals surface area contributed by atoms with Gasteiger partial charge in [0.2, 0.25) is 0 Å². The van der Waals surface area contributed by atoms with E-state index in [-0.39, 0.29) is 5.38 Å². The normalized spacial score (nSPS) is 25.5. The molecule has 1 aromatic heterocycles. The number of hydrogen-bond acceptors (Lipinski definition) is 1. The molecule has 0 spiro atoms. The van der Waals surface area contributed by atoms with Crippen LogP contribution in [0.3, 0.4) is 0 Å². The van der Waals surface area contributed by atoms with Crippen LogP contribution in [0.5, 0.6) is 0 Å². The number of nitrogens with zero attached hydrogens (tertiary/aromatic N) is 2. The summed E-state index contributed by atoms with van der Waals surface area (Å²) < 4.78 is 2.32. The van der Waals surface area contributed by atoms with Crippen molar-refractivity contribution in [2.75, 3.05) is 0 Å². The van der Waals surface area contributed by atoms with Crippen LogP contribution in [0.15, 0.2) is 0 Å². The van der Waals surface area contributed by atoms with Gasteiger partial charge in [0, 0.05) is 11.3 Å². The minimum absolute atomic E-state index is 0.0705. The highest BCUT2D eigenvalue weighted by Gasteiger charge is 2.26. The van der Waals surface area contributed by atoms with Gasteiger partial charge in [0.1, 0.15) is 0 Å². The Kier molecular flexibility index (Phi) is 4.94. The molecule has 0 saturated heterocycles. The van der Waals surface area contributed by atoms with Gasteiger partial charge in [0.05, 0.1) is 17.1 Å². The lowest BCUT2D eigenvalue weighted by atomic mass is 9.87. The second kappa shape index (κ2) is 6.30. The van der Waals surface area contributed by atoms with Crippen molar-refractivity contribution in [2.45, 2.75) is 77.6 Å². The van der Waals surface area contributed by atoms with E-state index in [1.165, 1.54) is 42.6 Å². The van der Waals surface area contributed by atoms with Crippen molar-refractivity contribution in [1.29, 1.82) is 0 Å². The Labute approximate surface area is 122 Å². The average molecular weight is 283 g/mol. The molecular weight excluding hydrogens is 256 g/mol. The molecule has 0 bridgehead atoms. The third-order valence-electron chi connectivity index (χ3n) is 4.53. The Morgan fingerprint density at radius 2 is 1.84 bits per heavy atom.